The van der Waals surface area contributed by atoms with Crippen LogP contribution >= 0.6 is 15.9 Å². The molecule has 0 spiro atoms. The van der Waals surface area contributed by atoms with Gasteiger partial charge in [0.2, 0.25) is 5.91 Å². The Balaban J connectivity index is 2.68. The van der Waals surface area contributed by atoms with Crippen LogP contribution in [0.3, 0.4) is 0 Å². The van der Waals surface area contributed by atoms with Crippen LogP contribution in [-0.4, -0.2) is 18.0 Å². The van der Waals surface area contributed by atoms with Crippen LogP contribution in [-0.2, 0) is 4.79 Å². The third kappa shape index (κ3) is 4.70. The van der Waals surface area contributed by atoms with Crippen LogP contribution in [0.1, 0.15) is 20.8 Å². The molecule has 1 aromatic rings. The summed E-state index contributed by atoms with van der Waals surface area (Å²) < 4.78 is 26.5. The molecule has 1 rings (SSSR count). The standard InChI is InChI=1S/C12H15BrF2N2O/c1-12(2,3)16-6-11(18)17-10-4-7(13)8(14)5-9(10)15/h4-5,16H,6H2,1-3H3,(H,17,18). The summed E-state index contributed by atoms with van der Waals surface area (Å²) in [5.74, 6) is -1.90. The van der Waals surface area contributed by atoms with E-state index in [0.29, 0.717) is 0 Å². The number of hydrogen-bond acceptors (Lipinski definition) is 2. The molecule has 1 aromatic carbocycles. The van der Waals surface area contributed by atoms with E-state index in [1.54, 1.807) is 0 Å². The van der Waals surface area contributed by atoms with Gasteiger partial charge in [0, 0.05) is 11.6 Å². The summed E-state index contributed by atoms with van der Waals surface area (Å²) in [4.78, 5) is 11.6. The minimum atomic E-state index is -0.806. The van der Waals surface area contributed by atoms with Gasteiger partial charge in [-0.05, 0) is 42.8 Å². The smallest absolute Gasteiger partial charge is 0.238 e. The molecule has 0 heterocycles. The van der Waals surface area contributed by atoms with Gasteiger partial charge in [-0.3, -0.25) is 4.79 Å². The topological polar surface area (TPSA) is 41.1 Å². The third-order valence-electron chi connectivity index (χ3n) is 2.06. The molecule has 0 aliphatic carbocycles. The number of anilines is 1. The molecular weight excluding hydrogens is 306 g/mol. The molecule has 6 heteroatoms. The Kier molecular flexibility index (Phi) is 4.81. The molecule has 100 valence electrons. The summed E-state index contributed by atoms with van der Waals surface area (Å²) in [7, 11) is 0. The minimum Gasteiger partial charge on any atom is -0.322 e. The van der Waals surface area contributed by atoms with Gasteiger partial charge in [0.1, 0.15) is 11.6 Å². The number of benzene rings is 1. The molecule has 0 aliphatic rings. The molecule has 0 saturated heterocycles. The third-order valence-corrected chi connectivity index (χ3v) is 2.67. The lowest BCUT2D eigenvalue weighted by Crippen LogP contribution is -2.41. The number of hydrogen-bond donors (Lipinski definition) is 2. The quantitative estimate of drug-likeness (QED) is 0.840. The van der Waals surface area contributed by atoms with Crippen LogP contribution in [0, 0.1) is 11.6 Å². The number of rotatable bonds is 3. The van der Waals surface area contributed by atoms with E-state index >= 15 is 0 Å². The van der Waals surface area contributed by atoms with Gasteiger partial charge in [-0.25, -0.2) is 8.78 Å². The van der Waals surface area contributed by atoms with E-state index in [0.717, 1.165) is 6.07 Å². The van der Waals surface area contributed by atoms with Crippen molar-refractivity contribution in [3.05, 3.63) is 28.2 Å². The molecule has 0 atom stereocenters. The molecule has 3 nitrogen and oxygen atoms in total. The monoisotopic (exact) mass is 320 g/mol. The van der Waals surface area contributed by atoms with Crippen molar-refractivity contribution in [1.29, 1.82) is 0 Å². The largest absolute Gasteiger partial charge is 0.322 e. The Labute approximate surface area is 113 Å². The van der Waals surface area contributed by atoms with E-state index < -0.39 is 11.6 Å². The molecule has 0 radical (unpaired) electrons. The first-order valence-corrected chi connectivity index (χ1v) is 6.18. The van der Waals surface area contributed by atoms with Crippen molar-refractivity contribution >= 4 is 27.5 Å². The first-order chi connectivity index (χ1) is 8.19. The Morgan fingerprint density at radius 3 is 2.44 bits per heavy atom. The molecule has 0 aliphatic heterocycles. The average molecular weight is 321 g/mol. The normalized spacial score (nSPS) is 11.4. The van der Waals surface area contributed by atoms with E-state index in [1.165, 1.54) is 6.07 Å². The number of amides is 1. The van der Waals surface area contributed by atoms with E-state index in [1.807, 2.05) is 20.8 Å². The van der Waals surface area contributed by atoms with Gasteiger partial charge in [-0.1, -0.05) is 0 Å². The van der Waals surface area contributed by atoms with Crippen molar-refractivity contribution < 1.29 is 13.6 Å². The van der Waals surface area contributed by atoms with Crippen molar-refractivity contribution in [2.45, 2.75) is 26.3 Å². The zero-order valence-corrected chi connectivity index (χ0v) is 12.0. The van der Waals surface area contributed by atoms with Gasteiger partial charge in [0.15, 0.2) is 0 Å². The number of carbonyl (C=O) groups excluding carboxylic acids is 1. The summed E-state index contributed by atoms with van der Waals surface area (Å²) in [6, 6.07) is 1.91. The van der Waals surface area contributed by atoms with E-state index in [2.05, 4.69) is 26.6 Å². The van der Waals surface area contributed by atoms with Crippen LogP contribution in [0.25, 0.3) is 0 Å². The van der Waals surface area contributed by atoms with E-state index in [4.69, 9.17) is 0 Å². The lowest BCUT2D eigenvalue weighted by Gasteiger charge is -2.20. The second-order valence-corrected chi connectivity index (χ2v) is 5.75. The number of halogens is 3. The number of nitrogens with one attached hydrogen (secondary N) is 2. The molecule has 0 saturated carbocycles. The van der Waals surface area contributed by atoms with Crippen LogP contribution in [0.5, 0.6) is 0 Å². The second-order valence-electron chi connectivity index (χ2n) is 4.90. The van der Waals surface area contributed by atoms with Crippen molar-refractivity contribution in [3.8, 4) is 0 Å². The predicted molar refractivity (Wildman–Crippen MR) is 70.4 cm³/mol. The minimum absolute atomic E-state index is 0.0519. The van der Waals surface area contributed by atoms with Crippen molar-refractivity contribution in [2.75, 3.05) is 11.9 Å². The van der Waals surface area contributed by atoms with E-state index in [-0.39, 0.29) is 28.2 Å². The van der Waals surface area contributed by atoms with Gasteiger partial charge >= 0.3 is 0 Å². The first kappa shape index (κ1) is 15.0. The van der Waals surface area contributed by atoms with Crippen molar-refractivity contribution in [3.63, 3.8) is 0 Å². The predicted octanol–water partition coefficient (Wildman–Crippen LogP) is 3.05. The van der Waals surface area contributed by atoms with E-state index in [9.17, 15) is 13.6 Å². The zero-order valence-electron chi connectivity index (χ0n) is 10.4. The summed E-state index contributed by atoms with van der Waals surface area (Å²) in [5, 5.41) is 5.34. The van der Waals surface area contributed by atoms with Crippen LogP contribution < -0.4 is 10.6 Å². The van der Waals surface area contributed by atoms with Gasteiger partial charge in [-0.15, -0.1) is 0 Å². The summed E-state index contributed by atoms with van der Waals surface area (Å²) >= 11 is 2.93. The highest BCUT2D eigenvalue weighted by atomic mass is 79.9. The maximum atomic E-state index is 13.4. The highest BCUT2D eigenvalue weighted by molar-refractivity contribution is 9.10. The van der Waals surface area contributed by atoms with Crippen LogP contribution in [0.2, 0.25) is 0 Å². The molecule has 1 amide bonds. The average Bonchev–Trinajstić information content (AvgIpc) is 2.22. The summed E-state index contributed by atoms with van der Waals surface area (Å²) in [5.41, 5.74) is -0.261. The molecule has 0 aromatic heterocycles. The fraction of sp³-hybridized carbons (Fsp3) is 0.417. The Bertz CT molecular complexity index is 458. The Hall–Kier alpha value is -1.01. The van der Waals surface area contributed by atoms with Gasteiger partial charge in [-0.2, -0.15) is 0 Å². The van der Waals surface area contributed by atoms with Gasteiger partial charge in [0.25, 0.3) is 0 Å². The van der Waals surface area contributed by atoms with Crippen LogP contribution in [0.4, 0.5) is 14.5 Å². The Morgan fingerprint density at radius 2 is 1.89 bits per heavy atom. The molecule has 0 unspecified atom stereocenters. The van der Waals surface area contributed by atoms with Gasteiger partial charge in [0.05, 0.1) is 16.7 Å². The Morgan fingerprint density at radius 1 is 1.28 bits per heavy atom. The molecule has 2 N–H and O–H groups in total. The molecule has 0 bridgehead atoms. The lowest BCUT2D eigenvalue weighted by atomic mass is 10.1. The first-order valence-electron chi connectivity index (χ1n) is 5.38. The maximum absolute atomic E-state index is 13.4. The molecule has 0 fully saturated rings. The summed E-state index contributed by atoms with van der Waals surface area (Å²) in [6.07, 6.45) is 0. The van der Waals surface area contributed by atoms with Crippen molar-refractivity contribution in [2.24, 2.45) is 0 Å². The molecule has 18 heavy (non-hydrogen) atoms. The number of carbonyl (C=O) groups is 1. The lowest BCUT2D eigenvalue weighted by molar-refractivity contribution is -0.115. The highest BCUT2D eigenvalue weighted by Gasteiger charge is 2.14. The second kappa shape index (κ2) is 5.75. The molecular formula is C12H15BrF2N2O. The SMILES string of the molecule is CC(C)(C)NCC(=O)Nc1cc(Br)c(F)cc1F. The fourth-order valence-corrected chi connectivity index (χ4v) is 1.50. The van der Waals surface area contributed by atoms with Gasteiger partial charge < -0.3 is 10.6 Å². The van der Waals surface area contributed by atoms with Crippen molar-refractivity contribution in [1.82, 2.24) is 5.32 Å². The van der Waals surface area contributed by atoms with Crippen LogP contribution in [0.15, 0.2) is 16.6 Å². The fourth-order valence-electron chi connectivity index (χ4n) is 1.16. The summed E-state index contributed by atoms with van der Waals surface area (Å²) in [6.45, 7) is 5.79. The zero-order chi connectivity index (χ0) is 13.9. The maximum Gasteiger partial charge on any atom is 0.238 e. The highest BCUT2D eigenvalue weighted by Crippen LogP contribution is 2.23.